The Balaban J connectivity index is 1.62. The Morgan fingerprint density at radius 3 is 2.96 bits per heavy atom. The van der Waals surface area contributed by atoms with Crippen molar-refractivity contribution in [2.24, 2.45) is 0 Å². The van der Waals surface area contributed by atoms with E-state index in [-0.39, 0.29) is 31.6 Å². The summed E-state index contributed by atoms with van der Waals surface area (Å²) in [6, 6.07) is 4.49. The Labute approximate surface area is 144 Å². The van der Waals surface area contributed by atoms with Crippen LogP contribution in [0.5, 0.6) is 11.5 Å². The van der Waals surface area contributed by atoms with Gasteiger partial charge in [0.05, 0.1) is 20.2 Å². The molecule has 2 aliphatic heterocycles. The number of quaternary nitrogens is 1. The van der Waals surface area contributed by atoms with E-state index in [9.17, 15) is 14.4 Å². The van der Waals surface area contributed by atoms with E-state index < -0.39 is 12.0 Å². The minimum absolute atomic E-state index is 0.0605. The molecule has 1 fully saturated rings. The number of esters is 1. The Morgan fingerprint density at radius 2 is 2.16 bits per heavy atom. The van der Waals surface area contributed by atoms with Crippen molar-refractivity contribution in [2.75, 3.05) is 38.9 Å². The number of carbonyl (C=O) groups excluding carboxylic acids is 3. The summed E-state index contributed by atoms with van der Waals surface area (Å²) in [7, 11) is 1.27. The van der Waals surface area contributed by atoms with Gasteiger partial charge in [-0.2, -0.15) is 0 Å². The van der Waals surface area contributed by atoms with Crippen molar-refractivity contribution in [1.82, 2.24) is 5.32 Å². The molecule has 0 aliphatic carbocycles. The molecule has 1 unspecified atom stereocenters. The van der Waals surface area contributed by atoms with Crippen LogP contribution in [0.15, 0.2) is 18.2 Å². The van der Waals surface area contributed by atoms with Crippen molar-refractivity contribution in [3.05, 3.63) is 18.2 Å². The number of piperazine rings is 1. The van der Waals surface area contributed by atoms with E-state index in [1.165, 1.54) is 7.11 Å². The molecule has 2 amide bonds. The lowest BCUT2D eigenvalue weighted by Gasteiger charge is -2.30. The normalized spacial score (nSPS) is 21.4. The summed E-state index contributed by atoms with van der Waals surface area (Å²) < 4.78 is 15.1. The second-order valence-electron chi connectivity index (χ2n) is 5.83. The van der Waals surface area contributed by atoms with Crippen LogP contribution in [0.1, 0.15) is 6.42 Å². The lowest BCUT2D eigenvalue weighted by molar-refractivity contribution is -0.909. The predicted molar refractivity (Wildman–Crippen MR) is 85.3 cm³/mol. The van der Waals surface area contributed by atoms with Crippen molar-refractivity contribution in [2.45, 2.75) is 12.5 Å². The molecule has 0 bridgehead atoms. The quantitative estimate of drug-likeness (QED) is 0.547. The van der Waals surface area contributed by atoms with Gasteiger partial charge in [-0.1, -0.05) is 0 Å². The average Bonchev–Trinajstić information content (AvgIpc) is 3.05. The van der Waals surface area contributed by atoms with E-state index in [1.54, 1.807) is 18.2 Å². The summed E-state index contributed by atoms with van der Waals surface area (Å²) >= 11 is 0. The first kappa shape index (κ1) is 17.0. The molecule has 2 aliphatic rings. The molecule has 2 heterocycles. The van der Waals surface area contributed by atoms with Gasteiger partial charge in [0.1, 0.15) is 6.42 Å². The Morgan fingerprint density at radius 1 is 1.36 bits per heavy atom. The van der Waals surface area contributed by atoms with E-state index in [0.717, 1.165) is 4.90 Å². The van der Waals surface area contributed by atoms with Gasteiger partial charge in [-0.15, -0.1) is 0 Å². The Kier molecular flexibility index (Phi) is 5.03. The fourth-order valence-electron chi connectivity index (χ4n) is 2.91. The number of methoxy groups -OCH3 is 1. The summed E-state index contributed by atoms with van der Waals surface area (Å²) in [6.45, 7) is 1.25. The summed E-state index contributed by atoms with van der Waals surface area (Å²) in [5, 5.41) is 5.49. The molecule has 3 rings (SSSR count). The fourth-order valence-corrected chi connectivity index (χ4v) is 2.91. The van der Waals surface area contributed by atoms with Crippen molar-refractivity contribution >= 4 is 23.5 Å². The highest BCUT2D eigenvalue weighted by atomic mass is 16.7. The zero-order chi connectivity index (χ0) is 17.8. The van der Waals surface area contributed by atoms with E-state index in [0.29, 0.717) is 30.3 Å². The van der Waals surface area contributed by atoms with E-state index in [4.69, 9.17) is 9.47 Å². The smallest absolute Gasteiger partial charge is 0.312 e. The molecule has 1 aromatic rings. The molecule has 9 nitrogen and oxygen atoms in total. The van der Waals surface area contributed by atoms with Gasteiger partial charge in [0, 0.05) is 11.8 Å². The zero-order valence-electron chi connectivity index (χ0n) is 13.8. The number of rotatable bonds is 5. The molecule has 3 N–H and O–H groups in total. The number of fused-ring (bicyclic) bond motifs is 1. The van der Waals surface area contributed by atoms with Crippen LogP contribution in [0.3, 0.4) is 0 Å². The van der Waals surface area contributed by atoms with Crippen LogP contribution in [0.4, 0.5) is 5.69 Å². The summed E-state index contributed by atoms with van der Waals surface area (Å²) in [5.74, 6) is 0.234. The third-order valence-electron chi connectivity index (χ3n) is 4.20. The first-order valence-electron chi connectivity index (χ1n) is 7.95. The topological polar surface area (TPSA) is 107 Å². The number of ether oxygens (including phenoxy) is 3. The molecule has 1 aromatic carbocycles. The van der Waals surface area contributed by atoms with Gasteiger partial charge in [-0.3, -0.25) is 14.4 Å². The lowest BCUT2D eigenvalue weighted by Crippen LogP contribution is -3.20. The molecule has 0 radical (unpaired) electrons. The molecule has 0 aromatic heterocycles. The van der Waals surface area contributed by atoms with Gasteiger partial charge in [-0.05, 0) is 12.1 Å². The highest BCUT2D eigenvalue weighted by Gasteiger charge is 2.36. The predicted octanol–water partition coefficient (Wildman–Crippen LogP) is -1.70. The first-order chi connectivity index (χ1) is 12.1. The third-order valence-corrected chi connectivity index (χ3v) is 4.20. The molecule has 9 heteroatoms. The third kappa shape index (κ3) is 4.00. The van der Waals surface area contributed by atoms with Crippen molar-refractivity contribution < 1.29 is 33.5 Å². The fraction of sp³-hybridized carbons (Fsp3) is 0.438. The van der Waals surface area contributed by atoms with Gasteiger partial charge in [0.15, 0.2) is 24.1 Å². The molecule has 134 valence electrons. The number of hydrogen-bond donors (Lipinski definition) is 3. The summed E-state index contributed by atoms with van der Waals surface area (Å²) in [4.78, 5) is 36.6. The SMILES string of the molecule is COC(=O)C[C@@H]1C(=O)NCC[NH+]1CC(=O)Nc1ccc2c(c1)OCO2. The van der Waals surface area contributed by atoms with Gasteiger partial charge < -0.3 is 29.7 Å². The molecular weight excluding hydrogens is 330 g/mol. The van der Waals surface area contributed by atoms with Crippen LogP contribution < -0.4 is 25.0 Å². The number of benzene rings is 1. The number of anilines is 1. The standard InChI is InChI=1S/C16H19N3O6/c1-23-15(21)7-11-16(22)17-4-5-19(11)8-14(20)18-10-2-3-12-13(6-10)25-9-24-12/h2-3,6,11H,4-5,7-9H2,1H3,(H,17,22)(H,18,20)/p+1/t11-/m1/s1. The van der Waals surface area contributed by atoms with E-state index in [1.807, 2.05) is 0 Å². The number of hydrogen-bond acceptors (Lipinski definition) is 6. The minimum atomic E-state index is -0.635. The lowest BCUT2D eigenvalue weighted by atomic mass is 10.1. The van der Waals surface area contributed by atoms with E-state index >= 15 is 0 Å². The molecule has 25 heavy (non-hydrogen) atoms. The monoisotopic (exact) mass is 350 g/mol. The second kappa shape index (κ2) is 7.39. The highest BCUT2D eigenvalue weighted by molar-refractivity contribution is 5.92. The van der Waals surface area contributed by atoms with Crippen LogP contribution in [0.2, 0.25) is 0 Å². The van der Waals surface area contributed by atoms with Gasteiger partial charge >= 0.3 is 5.97 Å². The zero-order valence-corrected chi connectivity index (χ0v) is 13.8. The van der Waals surface area contributed by atoms with Crippen LogP contribution in [-0.2, 0) is 19.1 Å². The van der Waals surface area contributed by atoms with Gasteiger partial charge in [0.25, 0.3) is 11.8 Å². The maximum Gasteiger partial charge on any atom is 0.312 e. The minimum Gasteiger partial charge on any atom is -0.469 e. The van der Waals surface area contributed by atoms with Gasteiger partial charge in [-0.25, -0.2) is 0 Å². The summed E-state index contributed by atoms with van der Waals surface area (Å²) in [5.41, 5.74) is 0.583. The number of amides is 2. The van der Waals surface area contributed by atoms with Gasteiger partial charge in [0.2, 0.25) is 6.79 Å². The van der Waals surface area contributed by atoms with Crippen molar-refractivity contribution in [3.8, 4) is 11.5 Å². The maximum atomic E-state index is 12.3. The maximum absolute atomic E-state index is 12.3. The second-order valence-corrected chi connectivity index (χ2v) is 5.83. The largest absolute Gasteiger partial charge is 0.469 e. The van der Waals surface area contributed by atoms with E-state index in [2.05, 4.69) is 15.4 Å². The van der Waals surface area contributed by atoms with Crippen LogP contribution in [-0.4, -0.2) is 57.4 Å². The summed E-state index contributed by atoms with van der Waals surface area (Å²) in [6.07, 6.45) is -0.0605. The van der Waals surface area contributed by atoms with Crippen LogP contribution >= 0.6 is 0 Å². The molecular formula is C16H20N3O6+. The molecule has 1 saturated heterocycles. The van der Waals surface area contributed by atoms with Crippen LogP contribution in [0, 0.1) is 0 Å². The highest BCUT2D eigenvalue weighted by Crippen LogP contribution is 2.34. The van der Waals surface area contributed by atoms with Crippen LogP contribution in [0.25, 0.3) is 0 Å². The first-order valence-corrected chi connectivity index (χ1v) is 7.95. The molecule has 0 saturated carbocycles. The Hall–Kier alpha value is -2.81. The van der Waals surface area contributed by atoms with Crippen molar-refractivity contribution in [3.63, 3.8) is 0 Å². The number of nitrogens with one attached hydrogen (secondary N) is 3. The average molecular weight is 350 g/mol. The van der Waals surface area contributed by atoms with Crippen molar-refractivity contribution in [1.29, 1.82) is 0 Å². The number of carbonyl (C=O) groups is 3. The molecule has 0 spiro atoms. The Bertz CT molecular complexity index is 692. The molecule has 2 atom stereocenters.